The SMILES string of the molecule is O=C(COc1ccc(F)c(F)c1)c1ccc(O)cc1O. The average molecular weight is 280 g/mol. The highest BCUT2D eigenvalue weighted by atomic mass is 19.2. The van der Waals surface area contributed by atoms with Crippen molar-refractivity contribution in [3.8, 4) is 17.2 Å². The zero-order valence-corrected chi connectivity index (χ0v) is 10.1. The molecule has 0 radical (unpaired) electrons. The highest BCUT2D eigenvalue weighted by Crippen LogP contribution is 2.23. The topological polar surface area (TPSA) is 66.8 Å². The number of hydrogen-bond donors (Lipinski definition) is 2. The molecule has 0 aliphatic rings. The molecule has 0 bridgehead atoms. The van der Waals surface area contributed by atoms with Crippen molar-refractivity contribution in [2.45, 2.75) is 0 Å². The Morgan fingerprint density at radius 3 is 2.45 bits per heavy atom. The van der Waals surface area contributed by atoms with Crippen LogP contribution in [0.4, 0.5) is 8.78 Å². The number of ketones is 1. The van der Waals surface area contributed by atoms with Gasteiger partial charge in [-0.05, 0) is 24.3 Å². The Labute approximate surface area is 112 Å². The third-order valence-electron chi connectivity index (χ3n) is 2.54. The summed E-state index contributed by atoms with van der Waals surface area (Å²) in [5.74, 6) is -3.23. The molecule has 0 saturated heterocycles. The third-order valence-corrected chi connectivity index (χ3v) is 2.54. The molecule has 0 aromatic heterocycles. The van der Waals surface area contributed by atoms with Crippen molar-refractivity contribution >= 4 is 5.78 Å². The Balaban J connectivity index is 2.06. The fraction of sp³-hybridized carbons (Fsp3) is 0.0714. The molecule has 0 atom stereocenters. The second-order valence-corrected chi connectivity index (χ2v) is 3.99. The van der Waals surface area contributed by atoms with Gasteiger partial charge in [-0.3, -0.25) is 4.79 Å². The molecule has 2 rings (SSSR count). The molecule has 20 heavy (non-hydrogen) atoms. The largest absolute Gasteiger partial charge is 0.508 e. The van der Waals surface area contributed by atoms with Crippen LogP contribution in [0.2, 0.25) is 0 Å². The molecule has 0 fully saturated rings. The van der Waals surface area contributed by atoms with Gasteiger partial charge >= 0.3 is 0 Å². The van der Waals surface area contributed by atoms with Crippen LogP contribution in [0.1, 0.15) is 10.4 Å². The number of carbonyl (C=O) groups excluding carboxylic acids is 1. The number of Topliss-reactive ketones (excluding diaryl/α,β-unsaturated/α-hetero) is 1. The van der Waals surface area contributed by atoms with E-state index >= 15 is 0 Å². The molecule has 0 spiro atoms. The molecule has 0 saturated carbocycles. The first-order valence-corrected chi connectivity index (χ1v) is 5.60. The predicted octanol–water partition coefficient (Wildman–Crippen LogP) is 2.64. The predicted molar refractivity (Wildman–Crippen MR) is 66.0 cm³/mol. The van der Waals surface area contributed by atoms with E-state index in [1.165, 1.54) is 18.2 Å². The molecule has 2 aromatic rings. The van der Waals surface area contributed by atoms with Gasteiger partial charge in [0, 0.05) is 12.1 Å². The lowest BCUT2D eigenvalue weighted by atomic mass is 10.1. The van der Waals surface area contributed by atoms with Gasteiger partial charge in [-0.2, -0.15) is 0 Å². The van der Waals surface area contributed by atoms with Gasteiger partial charge < -0.3 is 14.9 Å². The van der Waals surface area contributed by atoms with Crippen molar-refractivity contribution in [2.24, 2.45) is 0 Å². The zero-order chi connectivity index (χ0) is 14.7. The van der Waals surface area contributed by atoms with Crippen LogP contribution in [0.5, 0.6) is 17.2 Å². The summed E-state index contributed by atoms with van der Waals surface area (Å²) in [7, 11) is 0. The van der Waals surface area contributed by atoms with Gasteiger partial charge in [-0.25, -0.2) is 8.78 Å². The van der Waals surface area contributed by atoms with E-state index in [-0.39, 0.29) is 22.8 Å². The number of hydrogen-bond acceptors (Lipinski definition) is 4. The van der Waals surface area contributed by atoms with Crippen LogP contribution in [0.25, 0.3) is 0 Å². The Bertz CT molecular complexity index is 656. The highest BCUT2D eigenvalue weighted by molar-refractivity contribution is 5.99. The first-order valence-electron chi connectivity index (χ1n) is 5.60. The van der Waals surface area contributed by atoms with Gasteiger partial charge in [-0.15, -0.1) is 0 Å². The van der Waals surface area contributed by atoms with E-state index in [2.05, 4.69) is 0 Å². The summed E-state index contributed by atoms with van der Waals surface area (Å²) in [5, 5.41) is 18.6. The second kappa shape index (κ2) is 5.56. The molecular weight excluding hydrogens is 270 g/mol. The van der Waals surface area contributed by atoms with Gasteiger partial charge in [0.25, 0.3) is 0 Å². The summed E-state index contributed by atoms with van der Waals surface area (Å²) in [4.78, 5) is 11.8. The van der Waals surface area contributed by atoms with Gasteiger partial charge in [0.05, 0.1) is 5.56 Å². The van der Waals surface area contributed by atoms with Gasteiger partial charge in [0.2, 0.25) is 5.78 Å². The van der Waals surface area contributed by atoms with E-state index < -0.39 is 24.0 Å². The number of rotatable bonds is 4. The average Bonchev–Trinajstić information content (AvgIpc) is 2.40. The van der Waals surface area contributed by atoms with Crippen molar-refractivity contribution in [3.05, 3.63) is 53.6 Å². The molecule has 0 aliphatic carbocycles. The fourth-order valence-corrected chi connectivity index (χ4v) is 1.55. The molecule has 0 amide bonds. The number of ether oxygens (including phenoxy) is 1. The molecule has 2 N–H and O–H groups in total. The summed E-state index contributed by atoms with van der Waals surface area (Å²) in [6, 6.07) is 6.38. The molecule has 4 nitrogen and oxygen atoms in total. The maximum atomic E-state index is 12.9. The molecule has 0 heterocycles. The Kier molecular flexibility index (Phi) is 3.84. The number of phenolic OH excluding ortho intramolecular Hbond substituents is 2. The van der Waals surface area contributed by atoms with Crippen molar-refractivity contribution in [2.75, 3.05) is 6.61 Å². The Morgan fingerprint density at radius 2 is 1.80 bits per heavy atom. The summed E-state index contributed by atoms with van der Waals surface area (Å²) in [6.07, 6.45) is 0. The molecule has 0 aliphatic heterocycles. The van der Waals surface area contributed by atoms with Crippen molar-refractivity contribution in [1.82, 2.24) is 0 Å². The Morgan fingerprint density at radius 1 is 1.05 bits per heavy atom. The minimum absolute atomic E-state index is 0.00415. The maximum Gasteiger partial charge on any atom is 0.203 e. The van der Waals surface area contributed by atoms with Crippen LogP contribution in [-0.2, 0) is 0 Å². The van der Waals surface area contributed by atoms with Gasteiger partial charge in [0.15, 0.2) is 18.2 Å². The van der Waals surface area contributed by atoms with Crippen LogP contribution < -0.4 is 4.74 Å². The summed E-state index contributed by atoms with van der Waals surface area (Å²) >= 11 is 0. The van der Waals surface area contributed by atoms with Crippen molar-refractivity contribution < 1.29 is 28.5 Å². The third kappa shape index (κ3) is 3.03. The summed E-state index contributed by atoms with van der Waals surface area (Å²) in [5.41, 5.74) is -0.0367. The number of halogens is 2. The van der Waals surface area contributed by atoms with Crippen LogP contribution in [0.15, 0.2) is 36.4 Å². The van der Waals surface area contributed by atoms with Crippen LogP contribution in [0.3, 0.4) is 0 Å². The molecule has 104 valence electrons. The first kappa shape index (κ1) is 13.8. The van der Waals surface area contributed by atoms with Crippen LogP contribution >= 0.6 is 0 Å². The van der Waals surface area contributed by atoms with E-state index in [0.29, 0.717) is 0 Å². The van der Waals surface area contributed by atoms with E-state index in [1.807, 2.05) is 0 Å². The first-order chi connectivity index (χ1) is 9.47. The summed E-state index contributed by atoms with van der Waals surface area (Å²) < 4.78 is 30.6. The lowest BCUT2D eigenvalue weighted by Crippen LogP contribution is -2.11. The minimum atomic E-state index is -1.08. The molecule has 6 heteroatoms. The standard InChI is InChI=1S/C14H10F2O4/c15-11-4-2-9(6-12(11)16)20-7-14(19)10-3-1-8(17)5-13(10)18/h1-6,17-18H,7H2. The number of phenols is 2. The number of aromatic hydroxyl groups is 2. The normalized spacial score (nSPS) is 10.3. The zero-order valence-electron chi connectivity index (χ0n) is 10.1. The second-order valence-electron chi connectivity index (χ2n) is 3.99. The van der Waals surface area contributed by atoms with E-state index in [0.717, 1.165) is 18.2 Å². The van der Waals surface area contributed by atoms with E-state index in [9.17, 15) is 18.7 Å². The highest BCUT2D eigenvalue weighted by Gasteiger charge is 2.13. The fourth-order valence-electron chi connectivity index (χ4n) is 1.55. The minimum Gasteiger partial charge on any atom is -0.508 e. The Hall–Kier alpha value is -2.63. The van der Waals surface area contributed by atoms with Crippen LogP contribution in [0, 0.1) is 11.6 Å². The van der Waals surface area contributed by atoms with Crippen molar-refractivity contribution in [3.63, 3.8) is 0 Å². The van der Waals surface area contributed by atoms with Gasteiger partial charge in [0.1, 0.15) is 17.2 Å². The van der Waals surface area contributed by atoms with E-state index in [1.54, 1.807) is 0 Å². The monoisotopic (exact) mass is 280 g/mol. The number of carbonyl (C=O) groups is 1. The smallest absolute Gasteiger partial charge is 0.203 e. The quantitative estimate of drug-likeness (QED) is 0.845. The molecular formula is C14H10F2O4. The lowest BCUT2D eigenvalue weighted by molar-refractivity contribution is 0.0918. The lowest BCUT2D eigenvalue weighted by Gasteiger charge is -2.07. The van der Waals surface area contributed by atoms with Crippen molar-refractivity contribution in [1.29, 1.82) is 0 Å². The van der Waals surface area contributed by atoms with E-state index in [4.69, 9.17) is 9.84 Å². The summed E-state index contributed by atoms with van der Waals surface area (Å²) in [6.45, 7) is -0.455. The van der Waals surface area contributed by atoms with Crippen LogP contribution in [-0.4, -0.2) is 22.6 Å². The maximum absolute atomic E-state index is 12.9. The number of benzene rings is 2. The van der Waals surface area contributed by atoms with Gasteiger partial charge in [-0.1, -0.05) is 0 Å². The molecule has 0 unspecified atom stereocenters. The molecule has 2 aromatic carbocycles.